The highest BCUT2D eigenvalue weighted by molar-refractivity contribution is 7.71. The van der Waals surface area contributed by atoms with Gasteiger partial charge in [-0.25, -0.2) is 0 Å². The zero-order valence-corrected chi connectivity index (χ0v) is 11.0. The van der Waals surface area contributed by atoms with Crippen LogP contribution in [0.4, 0.5) is 0 Å². The van der Waals surface area contributed by atoms with Gasteiger partial charge in [0.25, 0.3) is 0 Å². The highest BCUT2D eigenvalue weighted by Gasteiger charge is 2.22. The van der Waals surface area contributed by atoms with Crippen LogP contribution in [0.2, 0.25) is 0 Å². The Bertz CT molecular complexity index is 408. The van der Waals surface area contributed by atoms with Crippen molar-refractivity contribution < 1.29 is 0 Å². The zero-order chi connectivity index (χ0) is 11.7. The van der Waals surface area contributed by atoms with E-state index in [2.05, 4.69) is 39.6 Å². The smallest absolute Gasteiger partial charge is 0.177 e. The number of aromatic amines is 1. The molecule has 2 heterocycles. The van der Waals surface area contributed by atoms with Crippen LogP contribution < -0.4 is 0 Å². The number of piperazine rings is 1. The summed E-state index contributed by atoms with van der Waals surface area (Å²) >= 11 is 5.28. The van der Waals surface area contributed by atoms with Gasteiger partial charge in [0, 0.05) is 44.1 Å². The topological polar surface area (TPSA) is 27.2 Å². The van der Waals surface area contributed by atoms with E-state index in [1.807, 2.05) is 6.92 Å². The molecule has 1 aromatic rings. The van der Waals surface area contributed by atoms with Crippen molar-refractivity contribution in [3.8, 4) is 0 Å². The van der Waals surface area contributed by atoms with Crippen molar-refractivity contribution in [2.24, 2.45) is 0 Å². The normalized spacial score (nSPS) is 23.8. The Morgan fingerprint density at radius 1 is 1.44 bits per heavy atom. The molecular weight excluding hydrogens is 220 g/mol. The van der Waals surface area contributed by atoms with E-state index in [-0.39, 0.29) is 0 Å². The largest absolute Gasteiger partial charge is 0.335 e. The van der Waals surface area contributed by atoms with Crippen LogP contribution in [0.5, 0.6) is 0 Å². The molecule has 2 rings (SSSR count). The summed E-state index contributed by atoms with van der Waals surface area (Å²) in [5, 5.41) is 0. The number of imidazole rings is 1. The minimum atomic E-state index is 0.556. The molecule has 90 valence electrons. The van der Waals surface area contributed by atoms with Crippen LogP contribution in [0.15, 0.2) is 6.20 Å². The van der Waals surface area contributed by atoms with Crippen LogP contribution in [0, 0.1) is 11.7 Å². The molecule has 0 aliphatic carbocycles. The third kappa shape index (κ3) is 2.53. The van der Waals surface area contributed by atoms with Gasteiger partial charge >= 0.3 is 0 Å². The zero-order valence-electron chi connectivity index (χ0n) is 10.2. The molecule has 0 saturated carbocycles. The Morgan fingerprint density at radius 2 is 2.19 bits per heavy atom. The first-order valence-electron chi connectivity index (χ1n) is 5.71. The van der Waals surface area contributed by atoms with Crippen LogP contribution in [0.25, 0.3) is 0 Å². The van der Waals surface area contributed by atoms with Crippen LogP contribution >= 0.6 is 12.2 Å². The van der Waals surface area contributed by atoms with E-state index in [9.17, 15) is 0 Å². The summed E-state index contributed by atoms with van der Waals surface area (Å²) in [4.78, 5) is 7.97. The van der Waals surface area contributed by atoms with Crippen molar-refractivity contribution in [1.29, 1.82) is 0 Å². The molecule has 0 radical (unpaired) electrons. The summed E-state index contributed by atoms with van der Waals surface area (Å²) in [7, 11) is 4.38. The number of likely N-dealkylation sites (N-methyl/N-ethyl adjacent to an activating group) is 2. The van der Waals surface area contributed by atoms with E-state index >= 15 is 0 Å². The average Bonchev–Trinajstić information content (AvgIpc) is 2.51. The third-order valence-corrected chi connectivity index (χ3v) is 3.64. The van der Waals surface area contributed by atoms with Gasteiger partial charge in [-0.05, 0) is 33.2 Å². The Kier molecular flexibility index (Phi) is 3.47. The van der Waals surface area contributed by atoms with Gasteiger partial charge in [-0.15, -0.1) is 0 Å². The van der Waals surface area contributed by atoms with Crippen LogP contribution in [-0.4, -0.2) is 59.1 Å². The van der Waals surface area contributed by atoms with Gasteiger partial charge < -0.3 is 14.5 Å². The molecule has 1 aliphatic heterocycles. The Morgan fingerprint density at radius 3 is 2.81 bits per heavy atom. The van der Waals surface area contributed by atoms with E-state index in [4.69, 9.17) is 12.2 Å². The molecule has 0 amide bonds. The van der Waals surface area contributed by atoms with E-state index in [0.29, 0.717) is 6.04 Å². The first-order valence-corrected chi connectivity index (χ1v) is 6.12. The van der Waals surface area contributed by atoms with Crippen molar-refractivity contribution >= 4 is 12.2 Å². The second-order valence-electron chi connectivity index (χ2n) is 4.79. The first kappa shape index (κ1) is 11.8. The summed E-state index contributed by atoms with van der Waals surface area (Å²) in [6.07, 6.45) is 2.10. The molecule has 1 atom stereocenters. The predicted octanol–water partition coefficient (Wildman–Crippen LogP) is 1.10. The number of H-pyrrole nitrogens is 1. The van der Waals surface area contributed by atoms with Crippen molar-refractivity contribution in [3.63, 3.8) is 0 Å². The Labute approximate surface area is 102 Å². The third-order valence-electron chi connectivity index (χ3n) is 3.30. The highest BCUT2D eigenvalue weighted by atomic mass is 32.1. The molecule has 1 unspecified atom stereocenters. The second-order valence-corrected chi connectivity index (χ2v) is 5.18. The summed E-state index contributed by atoms with van der Waals surface area (Å²) in [6, 6.07) is 0.556. The number of nitrogens with zero attached hydrogens (tertiary/aromatic N) is 3. The fourth-order valence-electron chi connectivity index (χ4n) is 2.23. The fourth-order valence-corrected chi connectivity index (χ4v) is 2.51. The molecule has 4 nitrogen and oxygen atoms in total. The number of hydrogen-bond donors (Lipinski definition) is 1. The minimum Gasteiger partial charge on any atom is -0.335 e. The van der Waals surface area contributed by atoms with Gasteiger partial charge in [0.1, 0.15) is 0 Å². The number of aromatic nitrogens is 2. The second kappa shape index (κ2) is 4.69. The molecule has 0 spiro atoms. The van der Waals surface area contributed by atoms with E-state index < -0.39 is 0 Å². The molecule has 0 bridgehead atoms. The van der Waals surface area contributed by atoms with Crippen molar-refractivity contribution in [2.45, 2.75) is 19.5 Å². The molecule has 1 saturated heterocycles. The lowest BCUT2D eigenvalue weighted by Crippen LogP contribution is -2.51. The fraction of sp³-hybridized carbons (Fsp3) is 0.727. The molecule has 5 heteroatoms. The van der Waals surface area contributed by atoms with Crippen molar-refractivity contribution in [3.05, 3.63) is 16.7 Å². The Hall–Kier alpha value is -0.650. The SMILES string of the molecule is Cc1cn(CC2CN(C)CCN2C)c(=S)[nH]1. The lowest BCUT2D eigenvalue weighted by molar-refractivity contribution is 0.103. The number of nitrogens with one attached hydrogen (secondary N) is 1. The number of hydrogen-bond acceptors (Lipinski definition) is 3. The number of rotatable bonds is 2. The van der Waals surface area contributed by atoms with Gasteiger partial charge in [-0.3, -0.25) is 4.90 Å². The van der Waals surface area contributed by atoms with Crippen molar-refractivity contribution in [2.75, 3.05) is 33.7 Å². The molecule has 16 heavy (non-hydrogen) atoms. The van der Waals surface area contributed by atoms with Gasteiger partial charge in [0.05, 0.1) is 0 Å². The highest BCUT2D eigenvalue weighted by Crippen LogP contribution is 2.09. The summed E-state index contributed by atoms with van der Waals surface area (Å²) in [6.45, 7) is 6.43. The van der Waals surface area contributed by atoms with Gasteiger partial charge in [0.15, 0.2) is 4.77 Å². The summed E-state index contributed by atoms with van der Waals surface area (Å²) < 4.78 is 2.98. The van der Waals surface area contributed by atoms with Crippen LogP contribution in [0.1, 0.15) is 5.69 Å². The van der Waals surface area contributed by atoms with E-state index in [1.165, 1.54) is 0 Å². The quantitative estimate of drug-likeness (QED) is 0.784. The standard InChI is InChI=1S/C11H20N4S/c1-9-6-15(11(16)12-9)8-10-7-13(2)4-5-14(10)3/h6,10H,4-5,7-8H2,1-3H3,(H,12,16). The first-order chi connectivity index (χ1) is 7.56. The lowest BCUT2D eigenvalue weighted by Gasteiger charge is -2.37. The minimum absolute atomic E-state index is 0.556. The summed E-state index contributed by atoms with van der Waals surface area (Å²) in [5.41, 5.74) is 1.14. The molecule has 1 fully saturated rings. The van der Waals surface area contributed by atoms with Gasteiger partial charge in [0.2, 0.25) is 0 Å². The van der Waals surface area contributed by atoms with E-state index in [0.717, 1.165) is 36.6 Å². The maximum absolute atomic E-state index is 5.28. The molecule has 1 aromatic heterocycles. The molecule has 1 aliphatic rings. The maximum Gasteiger partial charge on any atom is 0.177 e. The average molecular weight is 240 g/mol. The molecular formula is C11H20N4S. The van der Waals surface area contributed by atoms with Crippen LogP contribution in [0.3, 0.4) is 0 Å². The van der Waals surface area contributed by atoms with Crippen LogP contribution in [-0.2, 0) is 6.54 Å². The van der Waals surface area contributed by atoms with Gasteiger partial charge in [-0.2, -0.15) is 0 Å². The van der Waals surface area contributed by atoms with Crippen molar-refractivity contribution in [1.82, 2.24) is 19.4 Å². The predicted molar refractivity (Wildman–Crippen MR) is 68.3 cm³/mol. The Balaban J connectivity index is 2.08. The number of aryl methyl sites for hydroxylation is 1. The summed E-state index contributed by atoms with van der Waals surface area (Å²) in [5.74, 6) is 0. The van der Waals surface area contributed by atoms with E-state index in [1.54, 1.807) is 0 Å². The van der Waals surface area contributed by atoms with Gasteiger partial charge in [-0.1, -0.05) is 0 Å². The maximum atomic E-state index is 5.28. The lowest BCUT2D eigenvalue weighted by atomic mass is 10.2. The molecule has 0 aromatic carbocycles. The molecule has 1 N–H and O–H groups in total. The monoisotopic (exact) mass is 240 g/mol.